The second-order valence-corrected chi connectivity index (χ2v) is 8.53. The van der Waals surface area contributed by atoms with Crippen molar-refractivity contribution in [3.05, 3.63) is 42.6 Å². The lowest BCUT2D eigenvalue weighted by atomic mass is 9.94. The number of hydrogen-bond donors (Lipinski definition) is 1. The standard InChI is InChI=1S/C16H17ClINOS/c1-2-20-14-7-6-10(8-12(14)17)19-13-4-3-5-15-11(13)9-16(18)21-15/h6-9,13,19H,2-5H2,1H3. The van der Waals surface area contributed by atoms with E-state index in [1.165, 1.54) is 32.6 Å². The number of thiophene rings is 1. The van der Waals surface area contributed by atoms with E-state index in [1.54, 1.807) is 0 Å². The van der Waals surface area contributed by atoms with Crippen LogP contribution in [0.4, 0.5) is 5.69 Å². The molecule has 1 aliphatic rings. The molecule has 1 aliphatic carbocycles. The summed E-state index contributed by atoms with van der Waals surface area (Å²) in [6, 6.07) is 8.64. The van der Waals surface area contributed by atoms with Crippen LogP contribution in [0.2, 0.25) is 5.02 Å². The maximum atomic E-state index is 6.27. The smallest absolute Gasteiger partial charge is 0.138 e. The molecule has 0 amide bonds. The number of aryl methyl sites for hydroxylation is 1. The summed E-state index contributed by atoms with van der Waals surface area (Å²) in [6.07, 6.45) is 3.63. The number of fused-ring (bicyclic) bond motifs is 1. The summed E-state index contributed by atoms with van der Waals surface area (Å²) in [5, 5.41) is 4.29. The lowest BCUT2D eigenvalue weighted by molar-refractivity contribution is 0.340. The van der Waals surface area contributed by atoms with E-state index in [2.05, 4.69) is 34.0 Å². The van der Waals surface area contributed by atoms with E-state index in [9.17, 15) is 0 Å². The molecule has 3 rings (SSSR count). The number of nitrogens with one attached hydrogen (secondary N) is 1. The Balaban J connectivity index is 1.80. The molecule has 5 heteroatoms. The molecule has 0 saturated heterocycles. The van der Waals surface area contributed by atoms with E-state index in [-0.39, 0.29) is 0 Å². The van der Waals surface area contributed by atoms with E-state index >= 15 is 0 Å². The summed E-state index contributed by atoms with van der Waals surface area (Å²) >= 11 is 10.6. The van der Waals surface area contributed by atoms with Crippen LogP contribution in [0, 0.1) is 2.88 Å². The SMILES string of the molecule is CCOc1ccc(NC2CCCc3sc(I)cc32)cc1Cl. The van der Waals surface area contributed by atoms with Gasteiger partial charge in [-0.15, -0.1) is 11.3 Å². The fourth-order valence-corrected chi connectivity index (χ4v) is 5.09. The Hall–Kier alpha value is -0.460. The van der Waals surface area contributed by atoms with Crippen LogP contribution >= 0.6 is 45.5 Å². The Kier molecular flexibility index (Phi) is 4.96. The summed E-state index contributed by atoms with van der Waals surface area (Å²) in [4.78, 5) is 1.53. The summed E-state index contributed by atoms with van der Waals surface area (Å²) in [5.41, 5.74) is 2.52. The summed E-state index contributed by atoms with van der Waals surface area (Å²) < 4.78 is 6.85. The Morgan fingerprint density at radius 2 is 2.29 bits per heavy atom. The molecule has 2 aromatic rings. The van der Waals surface area contributed by atoms with Crippen LogP contribution in [0.1, 0.15) is 36.2 Å². The molecule has 1 atom stereocenters. The molecule has 21 heavy (non-hydrogen) atoms. The lowest BCUT2D eigenvalue weighted by Gasteiger charge is -2.25. The number of ether oxygens (including phenoxy) is 1. The molecule has 112 valence electrons. The van der Waals surface area contributed by atoms with Crippen molar-refractivity contribution < 1.29 is 4.74 Å². The van der Waals surface area contributed by atoms with E-state index in [4.69, 9.17) is 16.3 Å². The third kappa shape index (κ3) is 3.48. The zero-order chi connectivity index (χ0) is 14.8. The maximum Gasteiger partial charge on any atom is 0.138 e. The molecule has 1 N–H and O–H groups in total. The molecule has 1 aromatic heterocycles. The summed E-state index contributed by atoms with van der Waals surface area (Å²) in [7, 11) is 0. The van der Waals surface area contributed by atoms with Gasteiger partial charge in [-0.2, -0.15) is 0 Å². The largest absolute Gasteiger partial charge is 0.492 e. The van der Waals surface area contributed by atoms with E-state index < -0.39 is 0 Å². The summed E-state index contributed by atoms with van der Waals surface area (Å²) in [6.45, 7) is 2.59. The van der Waals surface area contributed by atoms with Crippen molar-refractivity contribution in [3.63, 3.8) is 0 Å². The van der Waals surface area contributed by atoms with Crippen LogP contribution in [-0.2, 0) is 6.42 Å². The topological polar surface area (TPSA) is 21.3 Å². The van der Waals surface area contributed by atoms with Gasteiger partial charge in [-0.1, -0.05) is 11.6 Å². The molecule has 1 heterocycles. The quantitative estimate of drug-likeness (QED) is 0.607. The second kappa shape index (κ2) is 6.75. The van der Waals surface area contributed by atoms with E-state index in [0.29, 0.717) is 17.7 Å². The minimum atomic E-state index is 0.391. The third-order valence-electron chi connectivity index (χ3n) is 3.66. The van der Waals surface area contributed by atoms with Crippen molar-refractivity contribution in [2.75, 3.05) is 11.9 Å². The molecular weight excluding hydrogens is 417 g/mol. The Morgan fingerprint density at radius 1 is 1.43 bits per heavy atom. The van der Waals surface area contributed by atoms with Gasteiger partial charge in [0.25, 0.3) is 0 Å². The highest BCUT2D eigenvalue weighted by Crippen LogP contribution is 2.38. The monoisotopic (exact) mass is 433 g/mol. The molecule has 0 spiro atoms. The molecule has 0 radical (unpaired) electrons. The van der Waals surface area contributed by atoms with Gasteiger partial charge in [-0.25, -0.2) is 0 Å². The highest BCUT2D eigenvalue weighted by Gasteiger charge is 2.22. The van der Waals surface area contributed by atoms with Gasteiger partial charge in [0, 0.05) is 10.6 Å². The van der Waals surface area contributed by atoms with Crippen LogP contribution in [0.15, 0.2) is 24.3 Å². The van der Waals surface area contributed by atoms with Gasteiger partial charge in [0.05, 0.1) is 20.6 Å². The zero-order valence-electron chi connectivity index (χ0n) is 11.8. The van der Waals surface area contributed by atoms with E-state index in [0.717, 1.165) is 11.4 Å². The Morgan fingerprint density at radius 3 is 3.05 bits per heavy atom. The fourth-order valence-electron chi connectivity index (χ4n) is 2.74. The van der Waals surface area contributed by atoms with Crippen molar-refractivity contribution in [1.29, 1.82) is 0 Å². The van der Waals surface area contributed by atoms with Gasteiger partial charge < -0.3 is 10.1 Å². The fraction of sp³-hybridized carbons (Fsp3) is 0.375. The first-order valence-corrected chi connectivity index (χ1v) is 9.41. The van der Waals surface area contributed by atoms with Gasteiger partial charge in [0.2, 0.25) is 0 Å². The van der Waals surface area contributed by atoms with Crippen molar-refractivity contribution in [1.82, 2.24) is 0 Å². The molecule has 0 saturated carbocycles. The van der Waals surface area contributed by atoms with Crippen LogP contribution in [0.25, 0.3) is 0 Å². The van der Waals surface area contributed by atoms with Crippen molar-refractivity contribution >= 4 is 51.2 Å². The molecule has 0 fully saturated rings. The van der Waals surface area contributed by atoms with Crippen LogP contribution in [0.5, 0.6) is 5.75 Å². The van der Waals surface area contributed by atoms with Crippen LogP contribution < -0.4 is 10.1 Å². The maximum absolute atomic E-state index is 6.27. The normalized spacial score (nSPS) is 17.4. The molecule has 1 unspecified atom stereocenters. The predicted octanol–water partition coefficient (Wildman–Crippen LogP) is 5.89. The van der Waals surface area contributed by atoms with Crippen LogP contribution in [0.3, 0.4) is 0 Å². The van der Waals surface area contributed by atoms with Crippen molar-refractivity contribution in [2.24, 2.45) is 0 Å². The first kappa shape index (κ1) is 15.4. The molecule has 2 nitrogen and oxygen atoms in total. The molecule has 1 aromatic carbocycles. The second-order valence-electron chi connectivity index (χ2n) is 5.10. The Bertz CT molecular complexity index is 643. The highest BCUT2D eigenvalue weighted by molar-refractivity contribution is 14.1. The number of anilines is 1. The third-order valence-corrected chi connectivity index (χ3v) is 5.92. The Labute approximate surface area is 148 Å². The van der Waals surface area contributed by atoms with Crippen LogP contribution in [-0.4, -0.2) is 6.61 Å². The lowest BCUT2D eigenvalue weighted by Crippen LogP contribution is -2.15. The molecular formula is C16H17ClINOS. The zero-order valence-corrected chi connectivity index (χ0v) is 15.5. The first-order chi connectivity index (χ1) is 10.2. The van der Waals surface area contributed by atoms with E-state index in [1.807, 2.05) is 36.5 Å². The van der Waals surface area contributed by atoms with Crippen molar-refractivity contribution in [2.45, 2.75) is 32.2 Å². The molecule has 0 aliphatic heterocycles. The first-order valence-electron chi connectivity index (χ1n) is 7.14. The van der Waals surface area contributed by atoms with Gasteiger partial charge in [0.15, 0.2) is 0 Å². The van der Waals surface area contributed by atoms with Gasteiger partial charge in [-0.3, -0.25) is 0 Å². The number of hydrogen-bond acceptors (Lipinski definition) is 3. The number of rotatable bonds is 4. The highest BCUT2D eigenvalue weighted by atomic mass is 127. The average molecular weight is 434 g/mol. The molecule has 0 bridgehead atoms. The van der Waals surface area contributed by atoms with Gasteiger partial charge in [-0.05, 0) is 78.6 Å². The minimum Gasteiger partial charge on any atom is -0.492 e. The summed E-state index contributed by atoms with van der Waals surface area (Å²) in [5.74, 6) is 0.749. The van der Waals surface area contributed by atoms with Gasteiger partial charge in [0.1, 0.15) is 5.75 Å². The number of halogens is 2. The average Bonchev–Trinajstić information content (AvgIpc) is 2.83. The van der Waals surface area contributed by atoms with Gasteiger partial charge >= 0.3 is 0 Å². The predicted molar refractivity (Wildman–Crippen MR) is 99.0 cm³/mol. The number of benzene rings is 1. The van der Waals surface area contributed by atoms with Crippen molar-refractivity contribution in [3.8, 4) is 5.75 Å². The minimum absolute atomic E-state index is 0.391.